The maximum atomic E-state index is 12.6. The Balaban J connectivity index is 1.35. The Morgan fingerprint density at radius 3 is 2.76 bits per heavy atom. The number of piperidine rings is 1. The molecule has 0 bridgehead atoms. The molecule has 1 aromatic heterocycles. The lowest BCUT2D eigenvalue weighted by Crippen LogP contribution is -2.49. The summed E-state index contributed by atoms with van der Waals surface area (Å²) in [5.74, 6) is 0.0146. The van der Waals surface area contributed by atoms with Crippen LogP contribution < -0.4 is 11.1 Å². The van der Waals surface area contributed by atoms with E-state index in [0.29, 0.717) is 18.0 Å². The zero-order valence-electron chi connectivity index (χ0n) is 16.9. The minimum absolute atomic E-state index is 0.0105. The summed E-state index contributed by atoms with van der Waals surface area (Å²) in [4.78, 5) is 26.3. The summed E-state index contributed by atoms with van der Waals surface area (Å²) >= 11 is 0. The molecule has 6 nitrogen and oxygen atoms in total. The number of fused-ring (bicyclic) bond motifs is 1. The van der Waals surface area contributed by atoms with Crippen LogP contribution in [-0.4, -0.2) is 34.6 Å². The van der Waals surface area contributed by atoms with Crippen molar-refractivity contribution in [3.63, 3.8) is 0 Å². The lowest BCUT2D eigenvalue weighted by atomic mass is 9.86. The largest absolute Gasteiger partial charge is 0.419 e. The minimum Gasteiger partial charge on any atom is -0.408 e. The molecule has 1 saturated heterocycles. The van der Waals surface area contributed by atoms with Gasteiger partial charge in [-0.05, 0) is 55.4 Å². The molecule has 2 amide bonds. The topological polar surface area (TPSA) is 67.5 Å². The molecular formula is C23H27N3O3. The Morgan fingerprint density at radius 2 is 2.00 bits per heavy atom. The first kappa shape index (κ1) is 19.3. The third kappa shape index (κ3) is 4.06. The summed E-state index contributed by atoms with van der Waals surface area (Å²) in [5.41, 5.74) is 3.83. The van der Waals surface area contributed by atoms with Gasteiger partial charge in [0.25, 0.3) is 0 Å². The maximum absolute atomic E-state index is 12.6. The van der Waals surface area contributed by atoms with Crippen LogP contribution in [0.15, 0.2) is 57.7 Å². The fraction of sp³-hybridized carbons (Fsp3) is 0.391. The highest BCUT2D eigenvalue weighted by molar-refractivity contribution is 5.75. The number of carbonyl (C=O) groups is 1. The molecule has 1 fully saturated rings. The number of amides is 2. The smallest absolute Gasteiger partial charge is 0.408 e. The van der Waals surface area contributed by atoms with Crippen LogP contribution in [0.2, 0.25) is 0 Å². The first-order valence-electron chi connectivity index (χ1n) is 10.2. The highest BCUT2D eigenvalue weighted by Gasteiger charge is 2.29. The van der Waals surface area contributed by atoms with Crippen molar-refractivity contribution in [2.24, 2.45) is 7.05 Å². The molecule has 1 N–H and O–H groups in total. The van der Waals surface area contributed by atoms with E-state index in [9.17, 15) is 9.59 Å². The predicted molar refractivity (Wildman–Crippen MR) is 113 cm³/mol. The van der Waals surface area contributed by atoms with Crippen LogP contribution in [0.5, 0.6) is 0 Å². The molecule has 1 aliphatic heterocycles. The standard InChI is InChI=1S/C23H27N3O3/c1-16-14-19(18-8-9-20-21(15-18)29-23(28)25(20)2)11-13-26(16)22(27)24-12-10-17-6-4-3-5-7-17/h3-9,15-16,19H,10-14H2,1-2H3,(H,24,27)/t16-,19?/m0/s1. The Kier molecular flexibility index (Phi) is 5.43. The van der Waals surface area contributed by atoms with E-state index in [1.165, 1.54) is 15.7 Å². The number of hydrogen-bond donors (Lipinski definition) is 1. The second-order valence-electron chi connectivity index (χ2n) is 7.89. The van der Waals surface area contributed by atoms with Crippen molar-refractivity contribution in [1.82, 2.24) is 14.8 Å². The van der Waals surface area contributed by atoms with E-state index < -0.39 is 0 Å². The summed E-state index contributed by atoms with van der Waals surface area (Å²) in [5, 5.41) is 3.05. The molecule has 4 rings (SSSR count). The van der Waals surface area contributed by atoms with Gasteiger partial charge >= 0.3 is 11.8 Å². The number of rotatable bonds is 4. The van der Waals surface area contributed by atoms with Gasteiger partial charge in [0, 0.05) is 26.2 Å². The third-order valence-electron chi connectivity index (χ3n) is 5.96. The van der Waals surface area contributed by atoms with Crippen molar-refractivity contribution < 1.29 is 9.21 Å². The fourth-order valence-electron chi connectivity index (χ4n) is 4.24. The van der Waals surface area contributed by atoms with Crippen LogP contribution in [0, 0.1) is 0 Å². The van der Waals surface area contributed by atoms with Crippen molar-refractivity contribution >= 4 is 17.1 Å². The summed E-state index contributed by atoms with van der Waals surface area (Å²) in [6, 6.07) is 16.3. The zero-order chi connectivity index (χ0) is 20.4. The molecule has 29 heavy (non-hydrogen) atoms. The van der Waals surface area contributed by atoms with Crippen molar-refractivity contribution in [2.75, 3.05) is 13.1 Å². The predicted octanol–water partition coefficient (Wildman–Crippen LogP) is 3.65. The molecule has 152 valence electrons. The van der Waals surface area contributed by atoms with Gasteiger partial charge in [0.05, 0.1) is 5.52 Å². The van der Waals surface area contributed by atoms with Crippen LogP contribution in [0.1, 0.15) is 36.8 Å². The number of urea groups is 1. The number of aromatic nitrogens is 1. The first-order valence-corrected chi connectivity index (χ1v) is 10.2. The maximum Gasteiger partial charge on any atom is 0.419 e. The second kappa shape index (κ2) is 8.15. The third-order valence-corrected chi connectivity index (χ3v) is 5.96. The monoisotopic (exact) mass is 393 g/mol. The van der Waals surface area contributed by atoms with E-state index in [1.54, 1.807) is 7.05 Å². The highest BCUT2D eigenvalue weighted by Crippen LogP contribution is 2.33. The number of nitrogens with one attached hydrogen (secondary N) is 1. The van der Waals surface area contributed by atoms with Crippen LogP contribution >= 0.6 is 0 Å². The Hall–Kier alpha value is -3.02. The lowest BCUT2D eigenvalue weighted by molar-refractivity contribution is 0.150. The number of hydrogen-bond acceptors (Lipinski definition) is 3. The van der Waals surface area contributed by atoms with Crippen molar-refractivity contribution in [1.29, 1.82) is 0 Å². The fourth-order valence-corrected chi connectivity index (χ4v) is 4.24. The molecule has 0 aliphatic carbocycles. The van der Waals surface area contributed by atoms with E-state index >= 15 is 0 Å². The van der Waals surface area contributed by atoms with E-state index in [0.717, 1.165) is 31.3 Å². The number of aryl methyl sites for hydroxylation is 1. The van der Waals surface area contributed by atoms with Crippen LogP contribution in [0.25, 0.3) is 11.1 Å². The molecular weight excluding hydrogens is 366 g/mol. The van der Waals surface area contributed by atoms with Crippen molar-refractivity contribution in [3.8, 4) is 0 Å². The van der Waals surface area contributed by atoms with E-state index in [4.69, 9.17) is 4.42 Å². The number of oxazole rings is 1. The number of likely N-dealkylation sites (tertiary alicyclic amines) is 1. The molecule has 6 heteroatoms. The minimum atomic E-state index is -0.340. The summed E-state index contributed by atoms with van der Waals surface area (Å²) in [6.45, 7) is 3.46. The van der Waals surface area contributed by atoms with Gasteiger partial charge in [-0.2, -0.15) is 0 Å². The average Bonchev–Trinajstić information content (AvgIpc) is 3.01. The molecule has 0 spiro atoms. The molecule has 0 radical (unpaired) electrons. The highest BCUT2D eigenvalue weighted by atomic mass is 16.4. The van der Waals surface area contributed by atoms with Gasteiger partial charge < -0.3 is 14.6 Å². The molecule has 2 heterocycles. The Labute approximate surface area is 170 Å². The number of carbonyl (C=O) groups excluding carboxylic acids is 1. The van der Waals surface area contributed by atoms with Crippen LogP contribution in [-0.2, 0) is 13.5 Å². The average molecular weight is 393 g/mol. The van der Waals surface area contributed by atoms with Gasteiger partial charge in [0.2, 0.25) is 0 Å². The quantitative estimate of drug-likeness (QED) is 0.736. The van der Waals surface area contributed by atoms with Crippen LogP contribution in [0.4, 0.5) is 4.79 Å². The molecule has 0 saturated carbocycles. The molecule has 1 unspecified atom stereocenters. The summed E-state index contributed by atoms with van der Waals surface area (Å²) < 4.78 is 6.85. The lowest BCUT2D eigenvalue weighted by Gasteiger charge is -2.37. The Bertz CT molecular complexity index is 1050. The second-order valence-corrected chi connectivity index (χ2v) is 7.89. The zero-order valence-corrected chi connectivity index (χ0v) is 16.9. The number of benzene rings is 2. The first-order chi connectivity index (χ1) is 14.0. The van der Waals surface area contributed by atoms with Gasteiger partial charge in [-0.1, -0.05) is 36.4 Å². The van der Waals surface area contributed by atoms with Gasteiger partial charge in [0.15, 0.2) is 5.58 Å². The van der Waals surface area contributed by atoms with Gasteiger partial charge in [-0.25, -0.2) is 9.59 Å². The normalized spacial score (nSPS) is 19.4. The molecule has 2 atom stereocenters. The summed E-state index contributed by atoms with van der Waals surface area (Å²) in [7, 11) is 1.71. The van der Waals surface area contributed by atoms with Crippen molar-refractivity contribution in [3.05, 3.63) is 70.2 Å². The SMILES string of the molecule is C[C@H]1CC(c2ccc3c(c2)oc(=O)n3C)CCN1C(=O)NCCc1ccccc1. The van der Waals surface area contributed by atoms with Gasteiger partial charge in [0.1, 0.15) is 0 Å². The van der Waals surface area contributed by atoms with E-state index in [-0.39, 0.29) is 17.8 Å². The number of nitrogens with zero attached hydrogens (tertiary/aromatic N) is 2. The van der Waals surface area contributed by atoms with Crippen molar-refractivity contribution in [2.45, 2.75) is 38.1 Å². The molecule has 3 aromatic rings. The molecule has 2 aromatic carbocycles. The van der Waals surface area contributed by atoms with Crippen LogP contribution in [0.3, 0.4) is 0 Å². The Morgan fingerprint density at radius 1 is 1.21 bits per heavy atom. The molecule has 1 aliphatic rings. The van der Waals surface area contributed by atoms with E-state index in [1.807, 2.05) is 35.2 Å². The summed E-state index contributed by atoms with van der Waals surface area (Å²) in [6.07, 6.45) is 2.63. The van der Waals surface area contributed by atoms with Gasteiger partial charge in [-0.3, -0.25) is 4.57 Å². The van der Waals surface area contributed by atoms with Gasteiger partial charge in [-0.15, -0.1) is 0 Å². The van der Waals surface area contributed by atoms with E-state index in [2.05, 4.69) is 30.4 Å².